The van der Waals surface area contributed by atoms with Crippen molar-refractivity contribution in [1.82, 2.24) is 15.5 Å². The lowest BCUT2D eigenvalue weighted by molar-refractivity contribution is -0.121. The number of hydrogen-bond donors (Lipinski definition) is 2. The molecule has 2 N–H and O–H groups in total. The number of fused-ring (bicyclic) bond motifs is 1. The molecule has 1 saturated heterocycles. The fraction of sp³-hybridized carbons (Fsp3) is 0.280. The van der Waals surface area contributed by atoms with Crippen molar-refractivity contribution in [2.24, 2.45) is 0 Å². The fourth-order valence-corrected chi connectivity index (χ4v) is 4.09. The number of carbonyl (C=O) groups excluding carboxylic acids is 2. The van der Waals surface area contributed by atoms with E-state index in [1.165, 1.54) is 5.56 Å². The molecule has 1 aliphatic rings. The van der Waals surface area contributed by atoms with Crippen LogP contribution in [0.2, 0.25) is 5.02 Å². The van der Waals surface area contributed by atoms with Gasteiger partial charge in [0.2, 0.25) is 5.91 Å². The summed E-state index contributed by atoms with van der Waals surface area (Å²) in [5.74, 6) is -0.189. The summed E-state index contributed by atoms with van der Waals surface area (Å²) in [5, 5.41) is 8.79. The van der Waals surface area contributed by atoms with Gasteiger partial charge in [-0.2, -0.15) is 0 Å². The first kappa shape index (κ1) is 21.3. The monoisotopic (exact) mass is 435 g/mol. The summed E-state index contributed by atoms with van der Waals surface area (Å²) in [6, 6.07) is 21.6. The van der Waals surface area contributed by atoms with Gasteiger partial charge in [0.15, 0.2) is 0 Å². The number of likely N-dealkylation sites (tertiary alicyclic amines) is 1. The van der Waals surface area contributed by atoms with E-state index in [4.69, 9.17) is 11.6 Å². The summed E-state index contributed by atoms with van der Waals surface area (Å²) in [5.41, 5.74) is 1.82. The van der Waals surface area contributed by atoms with Crippen molar-refractivity contribution >= 4 is 34.2 Å². The normalized spacial score (nSPS) is 16.4. The van der Waals surface area contributed by atoms with Gasteiger partial charge in [-0.3, -0.25) is 14.5 Å². The molecule has 0 unspecified atom stereocenters. The van der Waals surface area contributed by atoms with E-state index in [0.717, 1.165) is 41.9 Å². The summed E-state index contributed by atoms with van der Waals surface area (Å²) in [6.07, 6.45) is 1.20. The molecule has 0 spiro atoms. The Morgan fingerprint density at radius 3 is 2.58 bits per heavy atom. The van der Waals surface area contributed by atoms with Crippen molar-refractivity contribution in [2.75, 3.05) is 19.6 Å². The molecule has 5 nitrogen and oxygen atoms in total. The molecular formula is C25H26ClN3O2. The van der Waals surface area contributed by atoms with Crippen LogP contribution in [-0.2, 0) is 11.3 Å². The highest BCUT2D eigenvalue weighted by atomic mass is 35.5. The number of nitrogens with one attached hydrogen (secondary N) is 2. The van der Waals surface area contributed by atoms with Crippen molar-refractivity contribution in [3.05, 3.63) is 82.9 Å². The van der Waals surface area contributed by atoms with Gasteiger partial charge < -0.3 is 10.6 Å². The third-order valence-corrected chi connectivity index (χ3v) is 5.86. The first-order valence-corrected chi connectivity index (χ1v) is 11.0. The van der Waals surface area contributed by atoms with Gasteiger partial charge in [0.1, 0.15) is 0 Å². The van der Waals surface area contributed by atoms with Crippen LogP contribution in [0.4, 0.5) is 0 Å². The van der Waals surface area contributed by atoms with E-state index in [0.29, 0.717) is 12.1 Å². The third-order valence-electron chi connectivity index (χ3n) is 5.61. The maximum atomic E-state index is 12.4. The average Bonchev–Trinajstić information content (AvgIpc) is 3.21. The molecule has 160 valence electrons. The maximum Gasteiger partial charge on any atom is 0.251 e. The number of rotatable bonds is 7. The first-order chi connectivity index (χ1) is 15.1. The molecule has 3 aromatic carbocycles. The van der Waals surface area contributed by atoms with Crippen LogP contribution in [0.3, 0.4) is 0 Å². The van der Waals surface area contributed by atoms with Crippen molar-refractivity contribution in [3.63, 3.8) is 0 Å². The highest BCUT2D eigenvalue weighted by molar-refractivity contribution is 6.30. The number of benzene rings is 3. The van der Waals surface area contributed by atoms with E-state index in [2.05, 4.69) is 15.5 Å². The van der Waals surface area contributed by atoms with Crippen LogP contribution >= 0.6 is 11.6 Å². The predicted molar refractivity (Wildman–Crippen MR) is 124 cm³/mol. The minimum Gasteiger partial charge on any atom is -0.352 e. The number of carbonyl (C=O) groups is 2. The second kappa shape index (κ2) is 9.94. The van der Waals surface area contributed by atoms with Gasteiger partial charge in [0.05, 0.1) is 0 Å². The summed E-state index contributed by atoms with van der Waals surface area (Å²) < 4.78 is 0. The summed E-state index contributed by atoms with van der Waals surface area (Å²) >= 11 is 5.94. The molecule has 1 atom stereocenters. The van der Waals surface area contributed by atoms with Crippen molar-refractivity contribution < 1.29 is 9.59 Å². The molecule has 0 bridgehead atoms. The Kier molecular flexibility index (Phi) is 6.85. The van der Waals surface area contributed by atoms with Crippen LogP contribution < -0.4 is 10.6 Å². The van der Waals surface area contributed by atoms with Crippen LogP contribution in [0.15, 0.2) is 66.7 Å². The molecule has 2 amide bonds. The van der Waals surface area contributed by atoms with E-state index < -0.39 is 0 Å². The second-order valence-corrected chi connectivity index (χ2v) is 8.42. The summed E-state index contributed by atoms with van der Waals surface area (Å²) in [7, 11) is 0. The number of amides is 2. The molecule has 1 aliphatic heterocycles. The zero-order valence-corrected chi connectivity index (χ0v) is 18.1. The Labute approximate surface area is 187 Å². The van der Waals surface area contributed by atoms with Gasteiger partial charge in [-0.25, -0.2) is 0 Å². The molecule has 0 saturated carbocycles. The van der Waals surface area contributed by atoms with Gasteiger partial charge in [-0.15, -0.1) is 0 Å². The molecule has 1 fully saturated rings. The van der Waals surface area contributed by atoms with Crippen LogP contribution in [-0.4, -0.2) is 42.4 Å². The number of halogens is 1. The maximum absolute atomic E-state index is 12.4. The average molecular weight is 436 g/mol. The van der Waals surface area contributed by atoms with E-state index in [1.54, 1.807) is 0 Å². The highest BCUT2D eigenvalue weighted by Gasteiger charge is 2.23. The molecule has 4 rings (SSSR count). The Morgan fingerprint density at radius 2 is 1.77 bits per heavy atom. The van der Waals surface area contributed by atoms with Crippen LogP contribution in [0, 0.1) is 0 Å². The molecule has 0 aromatic heterocycles. The standard InChI is InChI=1S/C25H26ClN3O2/c26-22-9-5-18(6-10-22)16-29-14-12-23(17-29)28-24(30)11-13-27-25(31)21-8-7-19-3-1-2-4-20(19)15-21/h1-10,15,23H,11-14,16-17H2,(H,27,31)(H,28,30)/t23-/m1/s1. The van der Waals surface area contributed by atoms with Gasteiger partial charge in [-0.1, -0.05) is 54.1 Å². The van der Waals surface area contributed by atoms with E-state index in [-0.39, 0.29) is 24.3 Å². The van der Waals surface area contributed by atoms with E-state index in [9.17, 15) is 9.59 Å². The molecule has 3 aromatic rings. The van der Waals surface area contributed by atoms with E-state index >= 15 is 0 Å². The molecule has 6 heteroatoms. The molecule has 31 heavy (non-hydrogen) atoms. The lowest BCUT2D eigenvalue weighted by Crippen LogP contribution is -2.38. The lowest BCUT2D eigenvalue weighted by Gasteiger charge is -2.17. The van der Waals surface area contributed by atoms with Gasteiger partial charge in [-0.05, 0) is 47.0 Å². The molecule has 1 heterocycles. The number of nitrogens with zero attached hydrogens (tertiary/aromatic N) is 1. The largest absolute Gasteiger partial charge is 0.352 e. The Hall–Kier alpha value is -2.89. The topological polar surface area (TPSA) is 61.4 Å². The Balaban J connectivity index is 1.18. The predicted octanol–water partition coefficient (Wildman–Crippen LogP) is 4.00. The summed E-state index contributed by atoms with van der Waals surface area (Å²) in [6.45, 7) is 2.95. The fourth-order valence-electron chi connectivity index (χ4n) is 3.96. The van der Waals surface area contributed by atoms with Crippen LogP contribution in [0.1, 0.15) is 28.8 Å². The van der Waals surface area contributed by atoms with Crippen LogP contribution in [0.25, 0.3) is 10.8 Å². The zero-order chi connectivity index (χ0) is 21.6. The molecule has 0 aliphatic carbocycles. The van der Waals surface area contributed by atoms with Crippen molar-refractivity contribution in [2.45, 2.75) is 25.4 Å². The zero-order valence-electron chi connectivity index (χ0n) is 17.3. The van der Waals surface area contributed by atoms with Gasteiger partial charge in [0.25, 0.3) is 5.91 Å². The minimum atomic E-state index is -0.159. The quantitative estimate of drug-likeness (QED) is 0.589. The lowest BCUT2D eigenvalue weighted by atomic mass is 10.1. The van der Waals surface area contributed by atoms with Gasteiger partial charge in [0, 0.05) is 49.2 Å². The van der Waals surface area contributed by atoms with E-state index in [1.807, 2.05) is 66.7 Å². The third kappa shape index (κ3) is 5.84. The van der Waals surface area contributed by atoms with Crippen LogP contribution in [0.5, 0.6) is 0 Å². The molecular weight excluding hydrogens is 410 g/mol. The molecule has 0 radical (unpaired) electrons. The summed E-state index contributed by atoms with van der Waals surface area (Å²) in [4.78, 5) is 27.0. The SMILES string of the molecule is O=C(CCNC(=O)c1ccc2ccccc2c1)N[C@@H]1CCN(Cc2ccc(Cl)cc2)C1. The second-order valence-electron chi connectivity index (χ2n) is 7.98. The Morgan fingerprint density at radius 1 is 1.00 bits per heavy atom. The van der Waals surface area contributed by atoms with Crippen molar-refractivity contribution in [1.29, 1.82) is 0 Å². The minimum absolute atomic E-state index is 0.0304. The first-order valence-electron chi connectivity index (χ1n) is 10.6. The van der Waals surface area contributed by atoms with Gasteiger partial charge >= 0.3 is 0 Å². The smallest absolute Gasteiger partial charge is 0.251 e. The number of hydrogen-bond acceptors (Lipinski definition) is 3. The highest BCUT2D eigenvalue weighted by Crippen LogP contribution is 2.17. The van der Waals surface area contributed by atoms with Crippen molar-refractivity contribution in [3.8, 4) is 0 Å². The Bertz CT molecular complexity index is 1070.